The van der Waals surface area contributed by atoms with Crippen LogP contribution >= 0.6 is 15.9 Å². The van der Waals surface area contributed by atoms with Crippen molar-refractivity contribution < 1.29 is 0 Å². The molecule has 7 heteroatoms. The van der Waals surface area contributed by atoms with Crippen molar-refractivity contribution >= 4 is 21.9 Å². The van der Waals surface area contributed by atoms with Gasteiger partial charge in [0.05, 0.1) is 22.3 Å². The molecule has 2 aromatic heterocycles. The zero-order chi connectivity index (χ0) is 13.2. The summed E-state index contributed by atoms with van der Waals surface area (Å²) in [7, 11) is 0. The largest absolute Gasteiger partial charge is 0.339 e. The third-order valence-electron chi connectivity index (χ3n) is 3.16. The molecule has 19 heavy (non-hydrogen) atoms. The van der Waals surface area contributed by atoms with Gasteiger partial charge in [0.15, 0.2) is 0 Å². The second-order valence-electron chi connectivity index (χ2n) is 4.41. The van der Waals surface area contributed by atoms with E-state index in [0.717, 1.165) is 29.9 Å². The van der Waals surface area contributed by atoms with E-state index in [1.54, 1.807) is 24.8 Å². The quantitative estimate of drug-likeness (QED) is 0.843. The molecule has 0 N–H and O–H groups in total. The number of nitriles is 1. The number of hydrogen-bond donors (Lipinski definition) is 0. The fourth-order valence-corrected chi connectivity index (χ4v) is 2.41. The zero-order valence-electron chi connectivity index (χ0n) is 10.1. The first-order valence-electron chi connectivity index (χ1n) is 5.93. The van der Waals surface area contributed by atoms with Gasteiger partial charge in [0, 0.05) is 31.7 Å². The molecule has 0 saturated carbocycles. The van der Waals surface area contributed by atoms with Crippen molar-refractivity contribution in [1.29, 1.82) is 5.26 Å². The Morgan fingerprint density at radius 2 is 2.11 bits per heavy atom. The van der Waals surface area contributed by atoms with E-state index < -0.39 is 0 Å². The Morgan fingerprint density at radius 3 is 2.79 bits per heavy atom. The van der Waals surface area contributed by atoms with E-state index in [0.29, 0.717) is 5.56 Å². The molecule has 1 aliphatic rings. The predicted octanol–water partition coefficient (Wildman–Crippen LogP) is 1.76. The van der Waals surface area contributed by atoms with Crippen LogP contribution in [0.2, 0.25) is 0 Å². The molecule has 1 atom stereocenters. The van der Waals surface area contributed by atoms with Crippen molar-refractivity contribution in [2.45, 2.75) is 12.5 Å². The van der Waals surface area contributed by atoms with Crippen LogP contribution in [0.1, 0.15) is 18.0 Å². The van der Waals surface area contributed by atoms with Crippen LogP contribution in [0.15, 0.2) is 29.3 Å². The molecule has 0 amide bonds. The lowest BCUT2D eigenvalue weighted by atomic mass is 10.3. The Morgan fingerprint density at radius 1 is 1.32 bits per heavy atom. The summed E-state index contributed by atoms with van der Waals surface area (Å²) >= 11 is 3.33. The molecule has 1 aliphatic heterocycles. The summed E-state index contributed by atoms with van der Waals surface area (Å²) in [5, 5.41) is 13.0. The van der Waals surface area contributed by atoms with Gasteiger partial charge < -0.3 is 4.90 Å². The Hall–Kier alpha value is -1.94. The van der Waals surface area contributed by atoms with E-state index in [-0.39, 0.29) is 6.04 Å². The monoisotopic (exact) mass is 318 g/mol. The zero-order valence-corrected chi connectivity index (χ0v) is 11.7. The number of halogens is 1. The Labute approximate surface area is 118 Å². The minimum Gasteiger partial charge on any atom is -0.339 e. The van der Waals surface area contributed by atoms with Gasteiger partial charge in [-0.2, -0.15) is 10.4 Å². The molecule has 2 aromatic rings. The van der Waals surface area contributed by atoms with Crippen molar-refractivity contribution in [2.75, 3.05) is 18.0 Å². The molecule has 6 nitrogen and oxygen atoms in total. The highest BCUT2D eigenvalue weighted by Gasteiger charge is 2.26. The van der Waals surface area contributed by atoms with Crippen molar-refractivity contribution in [3.8, 4) is 6.07 Å². The van der Waals surface area contributed by atoms with Gasteiger partial charge in [-0.15, -0.1) is 0 Å². The summed E-state index contributed by atoms with van der Waals surface area (Å²) in [6.07, 6.45) is 7.86. The smallest absolute Gasteiger partial charge is 0.225 e. The standard InChI is InChI=1S/C12H11BrN6/c13-10-5-15-12(16-6-10)18-2-1-11(8-18)19-7-9(3-14)4-17-19/h4-7,11H,1-2,8H2. The molecule has 0 bridgehead atoms. The highest BCUT2D eigenvalue weighted by Crippen LogP contribution is 2.24. The lowest BCUT2D eigenvalue weighted by Crippen LogP contribution is -2.23. The first-order valence-corrected chi connectivity index (χ1v) is 6.72. The van der Waals surface area contributed by atoms with Crippen molar-refractivity contribution in [2.24, 2.45) is 0 Å². The van der Waals surface area contributed by atoms with Crippen LogP contribution < -0.4 is 4.90 Å². The van der Waals surface area contributed by atoms with Gasteiger partial charge in [-0.3, -0.25) is 4.68 Å². The van der Waals surface area contributed by atoms with Crippen molar-refractivity contribution in [3.63, 3.8) is 0 Å². The molecular formula is C12H11BrN6. The van der Waals surface area contributed by atoms with Gasteiger partial charge in [0.1, 0.15) is 6.07 Å². The number of hydrogen-bond acceptors (Lipinski definition) is 5. The topological polar surface area (TPSA) is 70.6 Å². The first-order chi connectivity index (χ1) is 9.26. The molecule has 1 fully saturated rings. The van der Waals surface area contributed by atoms with E-state index >= 15 is 0 Å². The lowest BCUT2D eigenvalue weighted by molar-refractivity contribution is 0.494. The minimum absolute atomic E-state index is 0.273. The van der Waals surface area contributed by atoms with E-state index in [2.05, 4.69) is 42.0 Å². The van der Waals surface area contributed by atoms with Gasteiger partial charge in [-0.05, 0) is 22.4 Å². The number of rotatable bonds is 2. The normalized spacial score (nSPS) is 18.5. The van der Waals surface area contributed by atoms with Gasteiger partial charge in [-0.25, -0.2) is 9.97 Å². The molecule has 0 radical (unpaired) electrons. The molecule has 0 aliphatic carbocycles. The summed E-state index contributed by atoms with van der Waals surface area (Å²) in [5.41, 5.74) is 0.596. The number of aromatic nitrogens is 4. The summed E-state index contributed by atoms with van der Waals surface area (Å²) < 4.78 is 2.73. The van der Waals surface area contributed by atoms with Crippen LogP contribution in [0.4, 0.5) is 5.95 Å². The van der Waals surface area contributed by atoms with E-state index in [1.807, 2.05) is 4.68 Å². The molecule has 3 rings (SSSR count). The van der Waals surface area contributed by atoms with Gasteiger partial charge in [0.25, 0.3) is 0 Å². The van der Waals surface area contributed by atoms with E-state index in [1.165, 1.54) is 0 Å². The van der Waals surface area contributed by atoms with Crippen LogP contribution in [0.3, 0.4) is 0 Å². The molecule has 1 saturated heterocycles. The Bertz CT molecular complexity index is 614. The van der Waals surface area contributed by atoms with Gasteiger partial charge >= 0.3 is 0 Å². The molecular weight excluding hydrogens is 308 g/mol. The van der Waals surface area contributed by atoms with Crippen LogP contribution in [0.25, 0.3) is 0 Å². The SMILES string of the molecule is N#Cc1cnn(C2CCN(c3ncc(Br)cn3)C2)c1. The summed E-state index contributed by atoms with van der Waals surface area (Å²) in [4.78, 5) is 10.7. The Kier molecular flexibility index (Phi) is 3.17. The summed E-state index contributed by atoms with van der Waals surface area (Å²) in [5.74, 6) is 0.735. The fraction of sp³-hybridized carbons (Fsp3) is 0.333. The third-order valence-corrected chi connectivity index (χ3v) is 3.57. The summed E-state index contributed by atoms with van der Waals surface area (Å²) in [6, 6.07) is 2.37. The predicted molar refractivity (Wildman–Crippen MR) is 72.5 cm³/mol. The maximum absolute atomic E-state index is 8.81. The third kappa shape index (κ3) is 2.44. The number of nitrogens with zero attached hydrogens (tertiary/aromatic N) is 6. The highest BCUT2D eigenvalue weighted by atomic mass is 79.9. The van der Waals surface area contributed by atoms with Crippen LogP contribution in [-0.4, -0.2) is 32.8 Å². The maximum atomic E-state index is 8.81. The minimum atomic E-state index is 0.273. The molecule has 0 aromatic carbocycles. The highest BCUT2D eigenvalue weighted by molar-refractivity contribution is 9.10. The average molecular weight is 319 g/mol. The first kappa shape index (κ1) is 12.1. The molecule has 0 spiro atoms. The molecule has 1 unspecified atom stereocenters. The van der Waals surface area contributed by atoms with Crippen molar-refractivity contribution in [1.82, 2.24) is 19.7 Å². The van der Waals surface area contributed by atoms with E-state index in [4.69, 9.17) is 5.26 Å². The van der Waals surface area contributed by atoms with Gasteiger partial charge in [0.2, 0.25) is 5.95 Å². The van der Waals surface area contributed by atoms with Gasteiger partial charge in [-0.1, -0.05) is 0 Å². The van der Waals surface area contributed by atoms with E-state index in [9.17, 15) is 0 Å². The second-order valence-corrected chi connectivity index (χ2v) is 5.33. The number of anilines is 1. The molecule has 3 heterocycles. The maximum Gasteiger partial charge on any atom is 0.225 e. The summed E-state index contributed by atoms with van der Waals surface area (Å²) in [6.45, 7) is 1.71. The van der Waals surface area contributed by atoms with Crippen molar-refractivity contribution in [3.05, 3.63) is 34.8 Å². The Balaban J connectivity index is 1.73. The average Bonchev–Trinajstić information content (AvgIpc) is 3.08. The fourth-order valence-electron chi connectivity index (χ4n) is 2.20. The lowest BCUT2D eigenvalue weighted by Gasteiger charge is -2.16. The van der Waals surface area contributed by atoms with Crippen LogP contribution in [0, 0.1) is 11.3 Å². The second kappa shape index (κ2) is 4.97. The van der Waals surface area contributed by atoms with Crippen LogP contribution in [-0.2, 0) is 0 Å². The van der Waals surface area contributed by atoms with Crippen LogP contribution in [0.5, 0.6) is 0 Å². The molecule has 96 valence electrons.